The van der Waals surface area contributed by atoms with E-state index < -0.39 is 24.3 Å². The van der Waals surface area contributed by atoms with E-state index in [0.29, 0.717) is 10.1 Å². The summed E-state index contributed by atoms with van der Waals surface area (Å²) in [7, 11) is 1.41. The van der Waals surface area contributed by atoms with Gasteiger partial charge in [-0.15, -0.1) is 0 Å². The summed E-state index contributed by atoms with van der Waals surface area (Å²) in [6.07, 6.45) is 0.867. The van der Waals surface area contributed by atoms with Crippen LogP contribution < -0.4 is 4.74 Å². The van der Waals surface area contributed by atoms with Gasteiger partial charge >= 0.3 is 11.9 Å². The number of carboxylic acid groups (broad SMARTS) is 2. The molecule has 0 saturated heterocycles. The molecule has 1 aromatic rings. The Labute approximate surface area is 89.1 Å². The average molecular weight is 231 g/mol. The van der Waals surface area contributed by atoms with Crippen LogP contribution in [0.15, 0.2) is 6.20 Å². The number of ether oxygens (including phenoxy) is 1. The Morgan fingerprint density at radius 1 is 1.60 bits per heavy atom. The maximum Gasteiger partial charge on any atom is 0.312 e. The Hall–Kier alpha value is -1.63. The van der Waals surface area contributed by atoms with Crippen molar-refractivity contribution in [3.8, 4) is 5.19 Å². The monoisotopic (exact) mass is 231 g/mol. The van der Waals surface area contributed by atoms with Gasteiger partial charge in [-0.1, -0.05) is 11.3 Å². The Morgan fingerprint density at radius 2 is 2.27 bits per heavy atom. The number of carbonyl (C=O) groups is 2. The van der Waals surface area contributed by atoms with E-state index in [1.807, 2.05) is 0 Å². The molecule has 0 aliphatic rings. The lowest BCUT2D eigenvalue weighted by Gasteiger charge is -2.05. The molecule has 0 spiro atoms. The van der Waals surface area contributed by atoms with Gasteiger partial charge in [-0.25, -0.2) is 4.98 Å². The van der Waals surface area contributed by atoms with Gasteiger partial charge in [0.05, 0.1) is 13.5 Å². The second kappa shape index (κ2) is 4.74. The van der Waals surface area contributed by atoms with E-state index in [4.69, 9.17) is 14.9 Å². The largest absolute Gasteiger partial charge is 0.481 e. The molecular weight excluding hydrogens is 222 g/mol. The van der Waals surface area contributed by atoms with Gasteiger partial charge in [0.2, 0.25) is 0 Å². The van der Waals surface area contributed by atoms with Gasteiger partial charge in [-0.3, -0.25) is 9.59 Å². The summed E-state index contributed by atoms with van der Waals surface area (Å²) in [6, 6.07) is 0. The predicted molar refractivity (Wildman–Crippen MR) is 51.3 cm³/mol. The number of aromatic nitrogens is 1. The van der Waals surface area contributed by atoms with Crippen LogP contribution in [0.2, 0.25) is 0 Å². The summed E-state index contributed by atoms with van der Waals surface area (Å²) in [6.45, 7) is 0. The lowest BCUT2D eigenvalue weighted by atomic mass is 10.1. The van der Waals surface area contributed by atoms with Crippen LogP contribution in [0.25, 0.3) is 0 Å². The number of nitrogens with zero attached hydrogens (tertiary/aromatic N) is 1. The number of rotatable bonds is 5. The van der Waals surface area contributed by atoms with Gasteiger partial charge in [0.15, 0.2) is 0 Å². The Bertz CT molecular complexity index is 375. The van der Waals surface area contributed by atoms with Gasteiger partial charge in [-0.05, 0) is 0 Å². The number of carboxylic acids is 2. The lowest BCUT2D eigenvalue weighted by molar-refractivity contribution is -0.145. The van der Waals surface area contributed by atoms with Crippen LogP contribution >= 0.6 is 11.3 Å². The molecule has 1 unspecified atom stereocenters. The third kappa shape index (κ3) is 2.91. The molecule has 0 bridgehead atoms. The van der Waals surface area contributed by atoms with Crippen LogP contribution in [0.5, 0.6) is 5.19 Å². The van der Waals surface area contributed by atoms with Crippen LogP contribution in [0.4, 0.5) is 0 Å². The molecule has 0 aliphatic heterocycles. The molecule has 2 N–H and O–H groups in total. The minimum absolute atomic E-state index is 0.321. The van der Waals surface area contributed by atoms with Crippen LogP contribution in [0.3, 0.4) is 0 Å². The van der Waals surface area contributed by atoms with Crippen LogP contribution in [0, 0.1) is 0 Å². The maximum atomic E-state index is 10.8. The summed E-state index contributed by atoms with van der Waals surface area (Å²) in [5, 5.41) is 17.7. The molecule has 6 nitrogen and oxygen atoms in total. The maximum absolute atomic E-state index is 10.8. The van der Waals surface area contributed by atoms with Crippen molar-refractivity contribution in [2.24, 2.45) is 0 Å². The molecule has 7 heteroatoms. The van der Waals surface area contributed by atoms with Gasteiger partial charge in [0.1, 0.15) is 5.92 Å². The van der Waals surface area contributed by atoms with Gasteiger partial charge in [0, 0.05) is 11.1 Å². The number of thiazole rings is 1. The number of hydrogen-bond acceptors (Lipinski definition) is 5. The lowest BCUT2D eigenvalue weighted by Crippen LogP contribution is -2.14. The standard InChI is InChI=1S/C8H9NO5S/c1-14-8-9-3-5(15-8)4(7(12)13)2-6(10)11/h3-4H,2H2,1H3,(H,10,11)(H,12,13). The van der Waals surface area contributed by atoms with Crippen molar-refractivity contribution in [3.05, 3.63) is 11.1 Å². The summed E-state index contributed by atoms with van der Waals surface area (Å²) in [4.78, 5) is 25.4. The molecule has 15 heavy (non-hydrogen) atoms. The van der Waals surface area contributed by atoms with E-state index in [1.54, 1.807) is 0 Å². The summed E-state index contributed by atoms with van der Waals surface area (Å²) >= 11 is 1.03. The SMILES string of the molecule is COc1ncc(C(CC(=O)O)C(=O)O)s1. The molecule has 0 saturated carbocycles. The zero-order chi connectivity index (χ0) is 11.4. The molecule has 1 heterocycles. The zero-order valence-electron chi connectivity index (χ0n) is 7.84. The first-order chi connectivity index (χ1) is 7.04. The fourth-order valence-electron chi connectivity index (χ4n) is 1.01. The molecule has 0 radical (unpaired) electrons. The topological polar surface area (TPSA) is 96.7 Å². The Balaban J connectivity index is 2.88. The quantitative estimate of drug-likeness (QED) is 0.777. The summed E-state index contributed by atoms with van der Waals surface area (Å²) < 4.78 is 4.80. The number of aliphatic carboxylic acids is 2. The smallest absolute Gasteiger partial charge is 0.312 e. The van der Waals surface area contributed by atoms with Crippen molar-refractivity contribution < 1.29 is 24.5 Å². The van der Waals surface area contributed by atoms with Crippen molar-refractivity contribution >= 4 is 23.3 Å². The first-order valence-corrected chi connectivity index (χ1v) is 4.80. The average Bonchev–Trinajstić information content (AvgIpc) is 2.61. The molecule has 0 aromatic carbocycles. The molecule has 0 amide bonds. The Morgan fingerprint density at radius 3 is 2.67 bits per heavy atom. The third-order valence-corrected chi connectivity index (χ3v) is 2.77. The van der Waals surface area contributed by atoms with Crippen molar-refractivity contribution in [1.82, 2.24) is 4.98 Å². The van der Waals surface area contributed by atoms with Crippen LogP contribution in [0.1, 0.15) is 17.2 Å². The summed E-state index contributed by atoms with van der Waals surface area (Å²) in [5.74, 6) is -3.40. The normalized spacial score (nSPS) is 12.1. The molecule has 1 atom stereocenters. The molecule has 1 aromatic heterocycles. The first kappa shape index (κ1) is 11.4. The molecule has 0 fully saturated rings. The van der Waals surface area contributed by atoms with E-state index in [1.165, 1.54) is 13.3 Å². The Kier molecular flexibility index (Phi) is 3.62. The second-order valence-electron chi connectivity index (χ2n) is 2.72. The number of methoxy groups -OCH3 is 1. The molecule has 0 aliphatic carbocycles. The number of hydrogen-bond donors (Lipinski definition) is 2. The van der Waals surface area contributed by atoms with Crippen molar-refractivity contribution in [2.75, 3.05) is 7.11 Å². The second-order valence-corrected chi connectivity index (χ2v) is 3.75. The van der Waals surface area contributed by atoms with Crippen LogP contribution in [-0.4, -0.2) is 34.2 Å². The van der Waals surface area contributed by atoms with Crippen molar-refractivity contribution in [1.29, 1.82) is 0 Å². The van der Waals surface area contributed by atoms with E-state index in [0.717, 1.165) is 11.3 Å². The highest BCUT2D eigenvalue weighted by atomic mass is 32.1. The van der Waals surface area contributed by atoms with E-state index in [-0.39, 0.29) is 0 Å². The minimum Gasteiger partial charge on any atom is -0.481 e. The third-order valence-electron chi connectivity index (χ3n) is 1.70. The fourth-order valence-corrected chi connectivity index (χ4v) is 1.83. The molecular formula is C8H9NO5S. The minimum atomic E-state index is -1.18. The summed E-state index contributed by atoms with van der Waals surface area (Å²) in [5.41, 5.74) is 0. The first-order valence-electron chi connectivity index (χ1n) is 3.99. The van der Waals surface area contributed by atoms with E-state index in [9.17, 15) is 9.59 Å². The van der Waals surface area contributed by atoms with Crippen molar-refractivity contribution in [2.45, 2.75) is 12.3 Å². The van der Waals surface area contributed by atoms with Crippen molar-refractivity contribution in [3.63, 3.8) is 0 Å². The fraction of sp³-hybridized carbons (Fsp3) is 0.375. The zero-order valence-corrected chi connectivity index (χ0v) is 8.65. The van der Waals surface area contributed by atoms with Gasteiger partial charge < -0.3 is 14.9 Å². The van der Waals surface area contributed by atoms with Gasteiger partial charge in [-0.2, -0.15) is 0 Å². The highest BCUT2D eigenvalue weighted by Crippen LogP contribution is 2.29. The van der Waals surface area contributed by atoms with Gasteiger partial charge in [0.25, 0.3) is 5.19 Å². The van der Waals surface area contributed by atoms with E-state index in [2.05, 4.69) is 4.98 Å². The highest BCUT2D eigenvalue weighted by Gasteiger charge is 2.25. The highest BCUT2D eigenvalue weighted by molar-refractivity contribution is 7.13. The van der Waals surface area contributed by atoms with E-state index >= 15 is 0 Å². The molecule has 1 rings (SSSR count). The molecule has 82 valence electrons. The van der Waals surface area contributed by atoms with Crippen LogP contribution in [-0.2, 0) is 9.59 Å². The predicted octanol–water partition coefficient (Wildman–Crippen LogP) is 0.795.